The van der Waals surface area contributed by atoms with Crippen LogP contribution in [0.3, 0.4) is 0 Å². The summed E-state index contributed by atoms with van der Waals surface area (Å²) in [6.45, 7) is 0. The van der Waals surface area contributed by atoms with E-state index in [0.717, 1.165) is 11.3 Å². The van der Waals surface area contributed by atoms with Crippen LogP contribution in [0.4, 0.5) is 5.82 Å². The molecule has 2 aliphatic carbocycles. The number of imide groups is 1. The van der Waals surface area contributed by atoms with E-state index in [2.05, 4.69) is 22.1 Å². The van der Waals surface area contributed by atoms with Crippen molar-refractivity contribution in [1.82, 2.24) is 9.97 Å². The molecule has 0 unspecified atom stereocenters. The van der Waals surface area contributed by atoms with Crippen molar-refractivity contribution in [2.24, 2.45) is 23.7 Å². The molecular formula is C15H15N3O4. The van der Waals surface area contributed by atoms with Crippen molar-refractivity contribution in [3.8, 4) is 11.9 Å². The van der Waals surface area contributed by atoms with Crippen molar-refractivity contribution >= 4 is 17.6 Å². The largest absolute Gasteiger partial charge is 0.481 e. The molecule has 1 aromatic rings. The van der Waals surface area contributed by atoms with Gasteiger partial charge in [0.05, 0.1) is 26.1 Å². The normalized spacial score (nSPS) is 31.8. The molecule has 1 aromatic heterocycles. The van der Waals surface area contributed by atoms with Crippen molar-refractivity contribution in [3.63, 3.8) is 0 Å². The zero-order valence-electron chi connectivity index (χ0n) is 12.2. The van der Waals surface area contributed by atoms with Gasteiger partial charge in [-0.2, -0.15) is 9.97 Å². The number of methoxy groups -OCH3 is 2. The van der Waals surface area contributed by atoms with Gasteiger partial charge >= 0.3 is 6.01 Å². The molecule has 2 fully saturated rings. The fourth-order valence-electron chi connectivity index (χ4n) is 3.83. The monoisotopic (exact) mass is 301 g/mol. The molecule has 0 N–H and O–H groups in total. The van der Waals surface area contributed by atoms with Crippen molar-refractivity contribution < 1.29 is 19.1 Å². The smallest absolute Gasteiger partial charge is 0.321 e. The summed E-state index contributed by atoms with van der Waals surface area (Å²) < 4.78 is 10.1. The second-order valence-corrected chi connectivity index (χ2v) is 5.77. The van der Waals surface area contributed by atoms with Crippen LogP contribution in [0.5, 0.6) is 11.9 Å². The molecule has 2 heterocycles. The maximum Gasteiger partial charge on any atom is 0.321 e. The van der Waals surface area contributed by atoms with E-state index in [-0.39, 0.29) is 53.2 Å². The summed E-state index contributed by atoms with van der Waals surface area (Å²) in [6, 6.07) is 1.54. The first kappa shape index (κ1) is 13.2. The van der Waals surface area contributed by atoms with Crippen LogP contribution in [0.2, 0.25) is 0 Å². The van der Waals surface area contributed by atoms with Crippen molar-refractivity contribution in [2.45, 2.75) is 6.42 Å². The van der Waals surface area contributed by atoms with Crippen molar-refractivity contribution in [2.75, 3.05) is 19.1 Å². The highest BCUT2D eigenvalue weighted by molar-refractivity contribution is 6.22. The van der Waals surface area contributed by atoms with E-state index >= 15 is 0 Å². The minimum absolute atomic E-state index is 0.0631. The van der Waals surface area contributed by atoms with Crippen molar-refractivity contribution in [1.29, 1.82) is 0 Å². The number of fused-ring (bicyclic) bond motifs is 5. The predicted octanol–water partition coefficient (Wildman–Crippen LogP) is 0.805. The Morgan fingerprint density at radius 1 is 1.05 bits per heavy atom. The molecule has 1 saturated carbocycles. The third-order valence-electron chi connectivity index (χ3n) is 4.76. The Morgan fingerprint density at radius 3 is 2.23 bits per heavy atom. The van der Waals surface area contributed by atoms with Gasteiger partial charge in [0.15, 0.2) is 5.82 Å². The van der Waals surface area contributed by atoms with Gasteiger partial charge in [-0.1, -0.05) is 12.2 Å². The molecule has 0 radical (unpaired) electrons. The number of aromatic nitrogens is 2. The summed E-state index contributed by atoms with van der Waals surface area (Å²) in [4.78, 5) is 34.7. The predicted molar refractivity (Wildman–Crippen MR) is 75.3 cm³/mol. The summed E-state index contributed by atoms with van der Waals surface area (Å²) in [5.41, 5.74) is 0. The highest BCUT2D eigenvalue weighted by Gasteiger charge is 2.60. The first-order valence-corrected chi connectivity index (χ1v) is 7.17. The maximum absolute atomic E-state index is 12.7. The number of hydrogen-bond acceptors (Lipinski definition) is 6. The lowest BCUT2D eigenvalue weighted by molar-refractivity contribution is -0.123. The molecular weight excluding hydrogens is 286 g/mol. The van der Waals surface area contributed by atoms with Gasteiger partial charge in [-0.3, -0.25) is 9.59 Å². The van der Waals surface area contributed by atoms with Crippen molar-refractivity contribution in [3.05, 3.63) is 18.2 Å². The first-order chi connectivity index (χ1) is 10.6. The van der Waals surface area contributed by atoms with Crippen LogP contribution in [0.15, 0.2) is 18.2 Å². The van der Waals surface area contributed by atoms with Crippen LogP contribution in [-0.4, -0.2) is 36.0 Å². The molecule has 4 atom stereocenters. The Morgan fingerprint density at radius 2 is 1.68 bits per heavy atom. The van der Waals surface area contributed by atoms with E-state index in [1.807, 2.05) is 0 Å². The molecule has 1 saturated heterocycles. The molecule has 114 valence electrons. The third-order valence-corrected chi connectivity index (χ3v) is 4.76. The summed E-state index contributed by atoms with van der Waals surface area (Å²) in [5, 5.41) is 0. The van der Waals surface area contributed by atoms with Crippen LogP contribution in [0.25, 0.3) is 0 Å². The topological polar surface area (TPSA) is 81.6 Å². The number of ether oxygens (including phenoxy) is 2. The molecule has 1 aliphatic heterocycles. The van der Waals surface area contributed by atoms with Crippen LogP contribution in [0, 0.1) is 23.7 Å². The van der Waals surface area contributed by atoms with Gasteiger partial charge in [0.1, 0.15) is 0 Å². The van der Waals surface area contributed by atoms with Crippen LogP contribution < -0.4 is 14.4 Å². The molecule has 7 heteroatoms. The zero-order valence-corrected chi connectivity index (χ0v) is 12.2. The van der Waals surface area contributed by atoms with Gasteiger partial charge in [-0.15, -0.1) is 0 Å². The molecule has 3 aliphatic rings. The van der Waals surface area contributed by atoms with E-state index < -0.39 is 0 Å². The Labute approximate surface area is 126 Å². The number of rotatable bonds is 3. The summed E-state index contributed by atoms with van der Waals surface area (Å²) >= 11 is 0. The minimum Gasteiger partial charge on any atom is -0.481 e. The van der Waals surface area contributed by atoms with Gasteiger partial charge < -0.3 is 9.47 Å². The van der Waals surface area contributed by atoms with Crippen LogP contribution in [0.1, 0.15) is 6.42 Å². The molecule has 0 spiro atoms. The Hall–Kier alpha value is -2.44. The number of anilines is 1. The van der Waals surface area contributed by atoms with Gasteiger partial charge in [-0.05, 0) is 18.3 Å². The number of carbonyl (C=O) groups is 2. The second kappa shape index (κ2) is 4.53. The lowest BCUT2D eigenvalue weighted by Crippen LogP contribution is -2.33. The number of hydrogen-bond donors (Lipinski definition) is 0. The molecule has 22 heavy (non-hydrogen) atoms. The molecule has 4 rings (SSSR count). The van der Waals surface area contributed by atoms with E-state index in [0.29, 0.717) is 0 Å². The molecule has 7 nitrogen and oxygen atoms in total. The maximum atomic E-state index is 12.7. The number of nitrogens with zero attached hydrogens (tertiary/aromatic N) is 3. The van der Waals surface area contributed by atoms with Gasteiger partial charge in [0, 0.05) is 6.07 Å². The Balaban J connectivity index is 1.75. The van der Waals surface area contributed by atoms with Gasteiger partial charge in [0.25, 0.3) is 0 Å². The summed E-state index contributed by atoms with van der Waals surface area (Å²) in [5.74, 6) is -0.0783. The van der Waals surface area contributed by atoms with E-state index in [4.69, 9.17) is 9.47 Å². The lowest BCUT2D eigenvalue weighted by Gasteiger charge is -2.17. The first-order valence-electron chi connectivity index (χ1n) is 7.17. The van der Waals surface area contributed by atoms with Crippen LogP contribution in [-0.2, 0) is 9.59 Å². The quantitative estimate of drug-likeness (QED) is 0.607. The number of allylic oxidation sites excluding steroid dienone is 2. The third kappa shape index (κ3) is 1.62. The summed E-state index contributed by atoms with van der Waals surface area (Å²) in [7, 11) is 2.88. The highest BCUT2D eigenvalue weighted by Crippen LogP contribution is 2.53. The Bertz CT molecular complexity index is 650. The fraction of sp³-hybridized carbons (Fsp3) is 0.467. The summed E-state index contributed by atoms with van der Waals surface area (Å²) in [6.07, 6.45) is 5.01. The van der Waals surface area contributed by atoms with E-state index in [1.54, 1.807) is 0 Å². The average molecular weight is 301 g/mol. The molecule has 2 bridgehead atoms. The number of amides is 2. The van der Waals surface area contributed by atoms with Crippen LogP contribution >= 0.6 is 0 Å². The lowest BCUT2D eigenvalue weighted by atomic mass is 9.85. The standard InChI is InChI=1S/C15H15N3O4/c1-21-10-6-9(16-15(17-10)22-2)18-13(19)11-7-3-4-8(5-7)12(11)14(18)20/h3-4,6-8,11-12H,5H2,1-2H3/t7-,8-,11-,12+/m0/s1. The minimum atomic E-state index is -0.255. The Kier molecular flexibility index (Phi) is 2.72. The van der Waals surface area contributed by atoms with E-state index in [1.165, 1.54) is 20.3 Å². The average Bonchev–Trinajstić information content (AvgIpc) is 3.20. The SMILES string of the molecule is COc1cc(N2C(=O)[C@@H]3[C@H](C2=O)[C@H]2C=C[C@H]3C2)nc(OC)n1. The molecule has 0 aromatic carbocycles. The fourth-order valence-corrected chi connectivity index (χ4v) is 3.83. The van der Waals surface area contributed by atoms with E-state index in [9.17, 15) is 9.59 Å². The number of carbonyl (C=O) groups excluding carboxylic acids is 2. The molecule has 2 amide bonds. The highest BCUT2D eigenvalue weighted by atomic mass is 16.5. The van der Waals surface area contributed by atoms with Gasteiger partial charge in [-0.25, -0.2) is 4.90 Å². The van der Waals surface area contributed by atoms with Gasteiger partial charge in [0.2, 0.25) is 17.7 Å². The zero-order chi connectivity index (χ0) is 15.4. The second-order valence-electron chi connectivity index (χ2n) is 5.77.